The summed E-state index contributed by atoms with van der Waals surface area (Å²) in [7, 11) is -3.47. The van der Waals surface area contributed by atoms with E-state index in [4.69, 9.17) is 5.73 Å². The van der Waals surface area contributed by atoms with Gasteiger partial charge in [0.15, 0.2) is 0 Å². The van der Waals surface area contributed by atoms with Crippen molar-refractivity contribution in [3.05, 3.63) is 23.8 Å². The molecular weight excluding hydrogens is 280 g/mol. The summed E-state index contributed by atoms with van der Waals surface area (Å²) in [6, 6.07) is 4.91. The molecule has 0 aliphatic heterocycles. The van der Waals surface area contributed by atoms with Crippen LogP contribution in [0.4, 0.5) is 5.69 Å². The number of nitrogen functional groups attached to an aromatic ring is 1. The van der Waals surface area contributed by atoms with Gasteiger partial charge in [-0.05, 0) is 43.7 Å². The Kier molecular flexibility index (Phi) is 4.43. The number of rotatable bonds is 4. The van der Waals surface area contributed by atoms with Crippen LogP contribution in [0.2, 0.25) is 0 Å². The molecule has 19 heavy (non-hydrogen) atoms. The predicted molar refractivity (Wildman–Crippen MR) is 80.9 cm³/mol. The maximum absolute atomic E-state index is 12.3. The molecule has 0 saturated heterocycles. The van der Waals surface area contributed by atoms with Crippen LogP contribution in [0.3, 0.4) is 0 Å². The van der Waals surface area contributed by atoms with Crippen LogP contribution in [-0.4, -0.2) is 26.0 Å². The third-order valence-corrected chi connectivity index (χ3v) is 6.28. The molecule has 0 spiro atoms. The zero-order valence-corrected chi connectivity index (χ0v) is 12.9. The molecule has 0 radical (unpaired) electrons. The first-order valence-corrected chi connectivity index (χ1v) is 9.12. The maximum Gasteiger partial charge on any atom is 0.240 e. The zero-order valence-electron chi connectivity index (χ0n) is 11.2. The van der Waals surface area contributed by atoms with Crippen LogP contribution in [0.25, 0.3) is 0 Å². The van der Waals surface area contributed by atoms with E-state index in [9.17, 15) is 8.42 Å². The van der Waals surface area contributed by atoms with Crippen molar-refractivity contribution in [1.29, 1.82) is 0 Å². The number of hydrogen-bond acceptors (Lipinski definition) is 4. The lowest BCUT2D eigenvalue weighted by atomic mass is 10.2. The maximum atomic E-state index is 12.3. The second-order valence-corrected chi connectivity index (χ2v) is 7.74. The molecule has 6 heteroatoms. The highest BCUT2D eigenvalue weighted by Crippen LogP contribution is 2.29. The monoisotopic (exact) mass is 300 g/mol. The topological polar surface area (TPSA) is 72.2 Å². The van der Waals surface area contributed by atoms with Crippen molar-refractivity contribution in [2.24, 2.45) is 0 Å². The van der Waals surface area contributed by atoms with E-state index in [1.807, 2.05) is 13.2 Å². The fourth-order valence-corrected chi connectivity index (χ4v) is 4.76. The molecule has 2 unspecified atom stereocenters. The Hall–Kier alpha value is -0.720. The lowest BCUT2D eigenvalue weighted by molar-refractivity contribution is 0.555. The van der Waals surface area contributed by atoms with Crippen LogP contribution >= 0.6 is 11.8 Å². The van der Waals surface area contributed by atoms with Crippen molar-refractivity contribution >= 4 is 27.5 Å². The van der Waals surface area contributed by atoms with E-state index in [-0.39, 0.29) is 10.9 Å². The van der Waals surface area contributed by atoms with E-state index in [1.165, 1.54) is 6.07 Å². The third kappa shape index (κ3) is 3.24. The van der Waals surface area contributed by atoms with E-state index in [0.29, 0.717) is 10.9 Å². The Morgan fingerprint density at radius 2 is 2.11 bits per heavy atom. The van der Waals surface area contributed by atoms with Crippen molar-refractivity contribution in [2.45, 2.75) is 42.4 Å². The second kappa shape index (κ2) is 5.73. The Morgan fingerprint density at radius 1 is 1.37 bits per heavy atom. The van der Waals surface area contributed by atoms with Gasteiger partial charge in [0.2, 0.25) is 10.0 Å². The van der Waals surface area contributed by atoms with Crippen molar-refractivity contribution in [3.63, 3.8) is 0 Å². The van der Waals surface area contributed by atoms with Crippen molar-refractivity contribution in [1.82, 2.24) is 4.72 Å². The number of hydrogen-bond donors (Lipinski definition) is 2. The predicted octanol–water partition coefficient (Wildman–Crippen LogP) is 2.14. The SMILES string of the molecule is CSC1CCCC1NS(=O)(=O)c1ccc(C)c(N)c1. The molecule has 1 aliphatic carbocycles. The van der Waals surface area contributed by atoms with E-state index < -0.39 is 10.0 Å². The van der Waals surface area contributed by atoms with Gasteiger partial charge in [-0.3, -0.25) is 0 Å². The van der Waals surface area contributed by atoms with Gasteiger partial charge in [-0.2, -0.15) is 11.8 Å². The molecule has 1 fully saturated rings. The molecule has 4 nitrogen and oxygen atoms in total. The van der Waals surface area contributed by atoms with Gasteiger partial charge in [-0.25, -0.2) is 13.1 Å². The highest BCUT2D eigenvalue weighted by Gasteiger charge is 2.30. The number of anilines is 1. The van der Waals surface area contributed by atoms with Crippen LogP contribution in [-0.2, 0) is 10.0 Å². The lowest BCUT2D eigenvalue weighted by Gasteiger charge is -2.19. The number of thioether (sulfide) groups is 1. The normalized spacial score (nSPS) is 23.7. The summed E-state index contributed by atoms with van der Waals surface area (Å²) in [5.41, 5.74) is 7.18. The van der Waals surface area contributed by atoms with Crippen molar-refractivity contribution < 1.29 is 8.42 Å². The molecule has 1 saturated carbocycles. The van der Waals surface area contributed by atoms with Crippen LogP contribution in [0, 0.1) is 6.92 Å². The first-order valence-electron chi connectivity index (χ1n) is 6.35. The Labute approximate surface area is 119 Å². The number of benzene rings is 1. The molecular formula is C13H20N2O2S2. The quantitative estimate of drug-likeness (QED) is 0.836. The highest BCUT2D eigenvalue weighted by atomic mass is 32.2. The largest absolute Gasteiger partial charge is 0.398 e. The molecule has 0 aromatic heterocycles. The molecule has 0 bridgehead atoms. The van der Waals surface area contributed by atoms with Crippen LogP contribution in [0.5, 0.6) is 0 Å². The van der Waals surface area contributed by atoms with Crippen molar-refractivity contribution in [3.8, 4) is 0 Å². The number of sulfonamides is 1. The summed E-state index contributed by atoms with van der Waals surface area (Å²) in [6.07, 6.45) is 5.09. The van der Waals surface area contributed by atoms with E-state index >= 15 is 0 Å². The van der Waals surface area contributed by atoms with E-state index in [1.54, 1.807) is 23.9 Å². The Morgan fingerprint density at radius 3 is 2.74 bits per heavy atom. The third-order valence-electron chi connectivity index (χ3n) is 3.62. The van der Waals surface area contributed by atoms with Gasteiger partial charge in [0.1, 0.15) is 0 Å². The molecule has 2 rings (SSSR count). The van der Waals surface area contributed by atoms with Crippen LogP contribution in [0.1, 0.15) is 24.8 Å². The smallest absolute Gasteiger partial charge is 0.240 e. The van der Waals surface area contributed by atoms with Gasteiger partial charge < -0.3 is 5.73 Å². The molecule has 3 N–H and O–H groups in total. The summed E-state index contributed by atoms with van der Waals surface area (Å²) >= 11 is 1.73. The molecule has 0 amide bonds. The van der Waals surface area contributed by atoms with Crippen LogP contribution < -0.4 is 10.5 Å². The van der Waals surface area contributed by atoms with Gasteiger partial charge in [-0.15, -0.1) is 0 Å². The molecule has 2 atom stereocenters. The first kappa shape index (κ1) is 14.7. The van der Waals surface area contributed by atoms with E-state index in [0.717, 1.165) is 24.8 Å². The van der Waals surface area contributed by atoms with Gasteiger partial charge in [-0.1, -0.05) is 12.5 Å². The lowest BCUT2D eigenvalue weighted by Crippen LogP contribution is -2.38. The number of nitrogens with one attached hydrogen (secondary N) is 1. The summed E-state index contributed by atoms with van der Waals surface area (Å²) in [4.78, 5) is 0.252. The second-order valence-electron chi connectivity index (χ2n) is 4.95. The van der Waals surface area contributed by atoms with Gasteiger partial charge in [0.05, 0.1) is 4.90 Å². The minimum Gasteiger partial charge on any atom is -0.398 e. The molecule has 1 aliphatic rings. The Bertz CT molecular complexity index is 558. The average Bonchev–Trinajstić information content (AvgIpc) is 2.79. The summed E-state index contributed by atoms with van der Waals surface area (Å²) in [6.45, 7) is 1.86. The zero-order chi connectivity index (χ0) is 14.0. The summed E-state index contributed by atoms with van der Waals surface area (Å²) in [5.74, 6) is 0. The Balaban J connectivity index is 2.20. The van der Waals surface area contributed by atoms with Gasteiger partial charge in [0.25, 0.3) is 0 Å². The van der Waals surface area contributed by atoms with Gasteiger partial charge in [0, 0.05) is 17.0 Å². The summed E-state index contributed by atoms with van der Waals surface area (Å²) < 4.78 is 27.5. The fraction of sp³-hybridized carbons (Fsp3) is 0.538. The molecule has 1 aromatic rings. The minimum atomic E-state index is -3.47. The van der Waals surface area contributed by atoms with Crippen LogP contribution in [0.15, 0.2) is 23.1 Å². The first-order chi connectivity index (χ1) is 8.94. The molecule has 106 valence electrons. The van der Waals surface area contributed by atoms with Gasteiger partial charge >= 0.3 is 0 Å². The average molecular weight is 300 g/mol. The van der Waals surface area contributed by atoms with Crippen molar-refractivity contribution in [2.75, 3.05) is 12.0 Å². The number of aryl methyl sites for hydroxylation is 1. The molecule has 1 aromatic carbocycles. The molecule has 0 heterocycles. The fourth-order valence-electron chi connectivity index (χ4n) is 2.40. The standard InChI is InChI=1S/C13H20N2O2S2/c1-9-6-7-10(8-11(9)14)19(16,17)15-12-4-3-5-13(12)18-2/h6-8,12-13,15H,3-5,14H2,1-2H3. The van der Waals surface area contributed by atoms with E-state index in [2.05, 4.69) is 4.72 Å². The minimum absolute atomic E-state index is 0.0301. The summed E-state index contributed by atoms with van der Waals surface area (Å²) in [5, 5.41) is 0.373. The number of nitrogens with two attached hydrogens (primary N) is 1. The highest BCUT2D eigenvalue weighted by molar-refractivity contribution is 7.99.